The fourth-order valence-electron chi connectivity index (χ4n) is 4.33. The van der Waals surface area contributed by atoms with Gasteiger partial charge in [-0.25, -0.2) is 0 Å². The fraction of sp³-hybridized carbons (Fsp3) is 1.00. The smallest absolute Gasteiger partial charge is 0.0175 e. The van der Waals surface area contributed by atoms with Gasteiger partial charge in [-0.2, -0.15) is 0 Å². The molecule has 0 saturated heterocycles. The molecule has 0 heterocycles. The molecule has 0 aromatic rings. The van der Waals surface area contributed by atoms with Gasteiger partial charge in [-0.3, -0.25) is 0 Å². The van der Waals surface area contributed by atoms with Crippen LogP contribution in [-0.4, -0.2) is 32.9 Å². The number of hydrogen-bond acceptors (Lipinski definition) is 0. The molecule has 1 saturated carbocycles. The lowest BCUT2D eigenvalue weighted by Gasteiger charge is -2.43. The van der Waals surface area contributed by atoms with E-state index in [0.29, 0.717) is 20.6 Å². The van der Waals surface area contributed by atoms with E-state index in [9.17, 15) is 0 Å². The quantitative estimate of drug-likeness (QED) is 0.450. The molecule has 0 bridgehead atoms. The molecule has 0 unspecified atom stereocenters. The minimum Gasteiger partial charge on any atom is -0.0954 e. The van der Waals surface area contributed by atoms with E-state index in [0.717, 1.165) is 11.8 Å². The van der Waals surface area contributed by atoms with Gasteiger partial charge in [0.15, 0.2) is 0 Å². The molecule has 0 aliphatic heterocycles. The van der Waals surface area contributed by atoms with Gasteiger partial charge in [-0.15, -0.1) is 0 Å². The van der Waals surface area contributed by atoms with Gasteiger partial charge in [0.1, 0.15) is 0 Å². The maximum Gasteiger partial charge on any atom is -0.0175 e. The van der Waals surface area contributed by atoms with E-state index in [-0.39, 0.29) is 15.8 Å². The summed E-state index contributed by atoms with van der Waals surface area (Å²) >= 11 is 0. The van der Waals surface area contributed by atoms with Crippen molar-refractivity contribution >= 4 is 15.8 Å². The number of hydrogen-bond donors (Lipinski definition) is 0. The van der Waals surface area contributed by atoms with Gasteiger partial charge in [0, 0.05) is 0 Å². The summed E-state index contributed by atoms with van der Waals surface area (Å²) in [6.07, 6.45) is 4.52. The van der Waals surface area contributed by atoms with Crippen LogP contribution in [0.25, 0.3) is 0 Å². The van der Waals surface area contributed by atoms with Gasteiger partial charge in [0.05, 0.1) is 0 Å². The molecule has 0 spiro atoms. The molecular weight excluding hydrogens is 314 g/mol. The Kier molecular flexibility index (Phi) is 6.55. The molecule has 1 aliphatic rings. The SMILES string of the molecule is CC(C)(C)P(C[C@H]1C[C@H]1CP(C(C)(C)C)C(C)(C)C)C(C)(C)C. The third kappa shape index (κ3) is 6.59. The van der Waals surface area contributed by atoms with Crippen molar-refractivity contribution in [3.05, 3.63) is 0 Å². The summed E-state index contributed by atoms with van der Waals surface area (Å²) in [5, 5.41) is 1.94. The van der Waals surface area contributed by atoms with E-state index in [2.05, 4.69) is 83.1 Å². The second kappa shape index (κ2) is 6.88. The highest BCUT2D eigenvalue weighted by molar-refractivity contribution is 7.61. The van der Waals surface area contributed by atoms with E-state index in [1.807, 2.05) is 0 Å². The predicted molar refractivity (Wildman–Crippen MR) is 114 cm³/mol. The highest BCUT2D eigenvalue weighted by Gasteiger charge is 2.47. The lowest BCUT2D eigenvalue weighted by atomic mass is 10.2. The molecule has 138 valence electrons. The van der Waals surface area contributed by atoms with Gasteiger partial charge >= 0.3 is 0 Å². The molecule has 2 heteroatoms. The van der Waals surface area contributed by atoms with Crippen LogP contribution in [0.4, 0.5) is 0 Å². The molecule has 23 heavy (non-hydrogen) atoms. The van der Waals surface area contributed by atoms with E-state index in [4.69, 9.17) is 0 Å². The number of rotatable bonds is 4. The maximum atomic E-state index is 2.47. The first-order chi connectivity index (χ1) is 9.94. The van der Waals surface area contributed by atoms with Crippen LogP contribution in [0.5, 0.6) is 0 Å². The monoisotopic (exact) mass is 358 g/mol. The predicted octanol–water partition coefficient (Wildman–Crippen LogP) is 7.78. The average Bonchev–Trinajstić information content (AvgIpc) is 2.94. The van der Waals surface area contributed by atoms with Crippen LogP contribution in [0.1, 0.15) is 89.5 Å². The Hall–Kier alpha value is 0.860. The van der Waals surface area contributed by atoms with Crippen molar-refractivity contribution < 1.29 is 0 Å². The largest absolute Gasteiger partial charge is 0.0954 e. The Bertz CT molecular complexity index is 318. The second-order valence-electron chi connectivity index (χ2n) is 11.7. The molecule has 0 nitrogen and oxygen atoms in total. The van der Waals surface area contributed by atoms with Crippen molar-refractivity contribution in [2.24, 2.45) is 11.8 Å². The molecule has 1 rings (SSSR count). The summed E-state index contributed by atoms with van der Waals surface area (Å²) in [7, 11) is 0.159. The Morgan fingerprint density at radius 2 is 0.739 bits per heavy atom. The molecular formula is C21H44P2. The fourth-order valence-corrected chi connectivity index (χ4v) is 12.4. The highest BCUT2D eigenvalue weighted by Crippen LogP contribution is 2.67. The second-order valence-corrected chi connectivity index (χ2v) is 19.5. The molecule has 1 aliphatic carbocycles. The summed E-state index contributed by atoms with van der Waals surface area (Å²) in [6, 6.07) is 0. The molecule has 0 aromatic heterocycles. The minimum atomic E-state index is 0.0797. The minimum absolute atomic E-state index is 0.0797. The summed E-state index contributed by atoms with van der Waals surface area (Å²) in [5.41, 5.74) is 0. The maximum absolute atomic E-state index is 2.47. The van der Waals surface area contributed by atoms with Crippen molar-refractivity contribution in [1.82, 2.24) is 0 Å². The van der Waals surface area contributed by atoms with E-state index in [1.54, 1.807) is 0 Å². The first-order valence-corrected chi connectivity index (χ1v) is 12.5. The summed E-state index contributed by atoms with van der Waals surface area (Å²) in [6.45, 7) is 29.6. The van der Waals surface area contributed by atoms with Gasteiger partial charge in [-0.05, 0) is 51.2 Å². The van der Waals surface area contributed by atoms with E-state index < -0.39 is 0 Å². The van der Waals surface area contributed by atoms with Gasteiger partial charge in [0.2, 0.25) is 0 Å². The van der Waals surface area contributed by atoms with E-state index >= 15 is 0 Å². The average molecular weight is 359 g/mol. The normalized spacial score (nSPS) is 23.7. The lowest BCUT2D eigenvalue weighted by molar-refractivity contribution is 0.680. The van der Waals surface area contributed by atoms with Crippen molar-refractivity contribution in [2.75, 3.05) is 12.3 Å². The van der Waals surface area contributed by atoms with Crippen molar-refractivity contribution in [2.45, 2.75) is 110 Å². The molecule has 0 N–H and O–H groups in total. The molecule has 0 amide bonds. The van der Waals surface area contributed by atoms with Crippen molar-refractivity contribution in [3.63, 3.8) is 0 Å². The van der Waals surface area contributed by atoms with Crippen LogP contribution in [0.15, 0.2) is 0 Å². The zero-order valence-electron chi connectivity index (χ0n) is 18.2. The van der Waals surface area contributed by atoms with Crippen LogP contribution >= 0.6 is 15.8 Å². The lowest BCUT2D eigenvalue weighted by Crippen LogP contribution is -2.28. The molecule has 2 atom stereocenters. The Balaban J connectivity index is 2.73. The third-order valence-electron chi connectivity index (χ3n) is 5.14. The van der Waals surface area contributed by atoms with Crippen molar-refractivity contribution in [1.29, 1.82) is 0 Å². The zero-order chi connectivity index (χ0) is 18.4. The van der Waals surface area contributed by atoms with Gasteiger partial charge in [0.25, 0.3) is 0 Å². The Morgan fingerprint density at radius 1 is 0.522 bits per heavy atom. The molecule has 0 aromatic carbocycles. The highest BCUT2D eigenvalue weighted by atomic mass is 31.1. The Morgan fingerprint density at radius 3 is 0.913 bits per heavy atom. The van der Waals surface area contributed by atoms with Gasteiger partial charge in [-0.1, -0.05) is 98.9 Å². The first kappa shape index (κ1) is 21.9. The topological polar surface area (TPSA) is 0 Å². The summed E-state index contributed by atoms with van der Waals surface area (Å²) < 4.78 is 0. The molecule has 0 radical (unpaired) electrons. The summed E-state index contributed by atoms with van der Waals surface area (Å²) in [5.74, 6) is 2.04. The van der Waals surface area contributed by atoms with E-state index in [1.165, 1.54) is 18.7 Å². The first-order valence-electron chi connectivity index (χ1n) is 9.49. The Labute approximate surface area is 150 Å². The van der Waals surface area contributed by atoms with Crippen LogP contribution in [0, 0.1) is 11.8 Å². The third-order valence-corrected chi connectivity index (χ3v) is 13.3. The summed E-state index contributed by atoms with van der Waals surface area (Å²) in [4.78, 5) is 0. The van der Waals surface area contributed by atoms with Crippen LogP contribution < -0.4 is 0 Å². The van der Waals surface area contributed by atoms with Crippen LogP contribution in [0.3, 0.4) is 0 Å². The van der Waals surface area contributed by atoms with Crippen molar-refractivity contribution in [3.8, 4) is 0 Å². The van der Waals surface area contributed by atoms with Crippen LogP contribution in [-0.2, 0) is 0 Å². The standard InChI is InChI=1S/C21H44P2/c1-18(2,3)22(19(4,5)6)14-16-13-17(16)15-23(20(7,8)9)21(10,11)12/h16-17H,13-15H2,1-12H3/t16-,17+. The zero-order valence-corrected chi connectivity index (χ0v) is 20.0. The van der Waals surface area contributed by atoms with Gasteiger partial charge < -0.3 is 0 Å². The van der Waals surface area contributed by atoms with Crippen LogP contribution in [0.2, 0.25) is 0 Å². The molecule has 1 fully saturated rings.